The molecule has 0 saturated heterocycles. The lowest BCUT2D eigenvalue weighted by molar-refractivity contribution is -0.124. The smallest absolute Gasteiger partial charge is 0.407 e. The van der Waals surface area contributed by atoms with Gasteiger partial charge in [0.05, 0.1) is 0 Å². The first-order valence-electron chi connectivity index (χ1n) is 19.4. The van der Waals surface area contributed by atoms with Crippen molar-refractivity contribution in [3.8, 4) is 16.9 Å². The monoisotopic (exact) mass is 773 g/mol. The second-order valence-electron chi connectivity index (χ2n) is 15.5. The Bertz CT molecular complexity index is 2110. The van der Waals surface area contributed by atoms with Gasteiger partial charge in [-0.25, -0.2) is 9.59 Å². The van der Waals surface area contributed by atoms with Gasteiger partial charge in [-0.1, -0.05) is 84.0 Å². The molecule has 12 heteroatoms. The zero-order valence-electron chi connectivity index (χ0n) is 33.1. The van der Waals surface area contributed by atoms with Crippen LogP contribution in [0.2, 0.25) is 0 Å². The molecule has 1 aliphatic rings. The Balaban J connectivity index is 1.19. The van der Waals surface area contributed by atoms with Crippen LogP contribution in [-0.4, -0.2) is 58.1 Å². The molecule has 0 saturated carbocycles. The first-order valence-corrected chi connectivity index (χ1v) is 19.4. The number of benzene rings is 4. The molecular weight excluding hydrogens is 723 g/mol. The second-order valence-corrected chi connectivity index (χ2v) is 15.5. The number of phenols is 1. The maximum atomic E-state index is 14.4. The number of amides is 3. The maximum Gasteiger partial charge on any atom is 0.407 e. The molecule has 1 aliphatic carbocycles. The number of ether oxygens (including phenoxy) is 2. The zero-order chi connectivity index (χ0) is 40.5. The number of alkyl carbamates (subject to hydrolysis) is 2. The van der Waals surface area contributed by atoms with Crippen LogP contribution in [0.25, 0.3) is 11.1 Å². The van der Waals surface area contributed by atoms with Crippen LogP contribution < -0.4 is 16.0 Å². The molecule has 1 heterocycles. The normalized spacial score (nSPS) is 13.2. The summed E-state index contributed by atoms with van der Waals surface area (Å²) in [5.41, 5.74) is 7.11. The molecule has 3 amide bonds. The van der Waals surface area contributed by atoms with Crippen LogP contribution in [0.5, 0.6) is 5.75 Å². The van der Waals surface area contributed by atoms with Crippen molar-refractivity contribution < 1.29 is 33.5 Å². The van der Waals surface area contributed by atoms with Crippen molar-refractivity contribution in [1.29, 1.82) is 0 Å². The molecule has 0 radical (unpaired) electrons. The molecule has 12 nitrogen and oxygen atoms in total. The number of hydrogen-bond donors (Lipinski definition) is 4. The Morgan fingerprint density at radius 1 is 0.842 bits per heavy atom. The lowest BCUT2D eigenvalue weighted by Gasteiger charge is -2.24. The van der Waals surface area contributed by atoms with Crippen molar-refractivity contribution in [2.45, 2.75) is 90.3 Å². The first kappa shape index (κ1) is 40.5. The van der Waals surface area contributed by atoms with Gasteiger partial charge in [0.1, 0.15) is 30.0 Å². The minimum absolute atomic E-state index is 0.0809. The van der Waals surface area contributed by atoms with E-state index < -0.39 is 35.8 Å². The summed E-state index contributed by atoms with van der Waals surface area (Å²) in [7, 11) is 0. The standard InChI is InChI=1S/C45H51N5O7/c1-28-23-31(51)24-29(2)36(28)26-39(48-44(54)55-27-37-34-19-11-9-17-32(34)33-18-10-12-20-35(33)37)41(52)47-38(21-13-14-22-46-43(53)56-45(3,4)5)42-49-40(50-57-42)25-30-15-7-6-8-16-30/h6-12,15-20,23-24,37-39,51H,13-14,21-22,25-27H2,1-5H3,(H,46,53)(H,47,52)(H,48,54)/t38-,39+/m0/s1. The van der Waals surface area contributed by atoms with Crippen LogP contribution in [0.4, 0.5) is 9.59 Å². The SMILES string of the molecule is Cc1cc(O)cc(C)c1C[C@@H](NC(=O)OCC1c2ccccc2-c2ccccc21)C(=O)N[C@@H](CCCCNC(=O)OC(C)(C)C)c1nc(Cc2ccccc2)no1. The summed E-state index contributed by atoms with van der Waals surface area (Å²) in [6.45, 7) is 9.56. The highest BCUT2D eigenvalue weighted by Gasteiger charge is 2.32. The number of phenolic OH excluding ortho intramolecular Hbond substituents is 1. The van der Waals surface area contributed by atoms with Crippen molar-refractivity contribution in [2.24, 2.45) is 0 Å². The number of unbranched alkanes of at least 4 members (excludes halogenated alkanes) is 1. The van der Waals surface area contributed by atoms with E-state index in [9.17, 15) is 19.5 Å². The van der Waals surface area contributed by atoms with Crippen LogP contribution in [0.1, 0.15) is 97.1 Å². The number of fused-ring (bicyclic) bond motifs is 3. The molecule has 2 atom stereocenters. The molecule has 298 valence electrons. The fourth-order valence-corrected chi connectivity index (χ4v) is 7.26. The van der Waals surface area contributed by atoms with E-state index in [-0.39, 0.29) is 30.6 Å². The number of carbonyl (C=O) groups excluding carboxylic acids is 3. The van der Waals surface area contributed by atoms with Gasteiger partial charge in [0.15, 0.2) is 5.82 Å². The predicted molar refractivity (Wildman–Crippen MR) is 216 cm³/mol. The Kier molecular flexibility index (Phi) is 12.9. The summed E-state index contributed by atoms with van der Waals surface area (Å²) in [5.74, 6) is 0.170. The highest BCUT2D eigenvalue weighted by atomic mass is 16.6. The molecule has 0 spiro atoms. The quantitative estimate of drug-likeness (QED) is 0.0772. The van der Waals surface area contributed by atoms with E-state index in [1.165, 1.54) is 0 Å². The first-order chi connectivity index (χ1) is 27.3. The number of rotatable bonds is 15. The zero-order valence-corrected chi connectivity index (χ0v) is 33.1. The number of nitrogens with zero attached hydrogens (tertiary/aromatic N) is 2. The molecule has 6 rings (SSSR count). The molecule has 0 fully saturated rings. The lowest BCUT2D eigenvalue weighted by atomic mass is 9.95. The molecule has 4 aromatic carbocycles. The number of carbonyl (C=O) groups is 3. The van der Waals surface area contributed by atoms with Crippen LogP contribution in [0.3, 0.4) is 0 Å². The Morgan fingerprint density at radius 2 is 1.47 bits per heavy atom. The molecule has 0 unspecified atom stereocenters. The van der Waals surface area contributed by atoms with E-state index in [0.717, 1.165) is 44.5 Å². The summed E-state index contributed by atoms with van der Waals surface area (Å²) in [6, 6.07) is 27.4. The van der Waals surface area contributed by atoms with Gasteiger partial charge < -0.3 is 35.1 Å². The van der Waals surface area contributed by atoms with Gasteiger partial charge in [0, 0.05) is 25.3 Å². The molecule has 57 heavy (non-hydrogen) atoms. The van der Waals surface area contributed by atoms with E-state index in [4.69, 9.17) is 14.0 Å². The number of aromatic hydroxyl groups is 1. The minimum atomic E-state index is -1.06. The van der Waals surface area contributed by atoms with Gasteiger partial charge in [-0.3, -0.25) is 4.79 Å². The van der Waals surface area contributed by atoms with Gasteiger partial charge in [-0.2, -0.15) is 4.98 Å². The van der Waals surface area contributed by atoms with Gasteiger partial charge in [-0.15, -0.1) is 0 Å². The molecule has 0 aliphatic heterocycles. The highest BCUT2D eigenvalue weighted by Crippen LogP contribution is 2.44. The number of nitrogens with one attached hydrogen (secondary N) is 3. The summed E-state index contributed by atoms with van der Waals surface area (Å²) in [5, 5.41) is 23.1. The fourth-order valence-electron chi connectivity index (χ4n) is 7.26. The van der Waals surface area contributed by atoms with Crippen LogP contribution >= 0.6 is 0 Å². The van der Waals surface area contributed by atoms with Crippen LogP contribution in [0.15, 0.2) is 95.5 Å². The highest BCUT2D eigenvalue weighted by molar-refractivity contribution is 5.86. The molecule has 1 aromatic heterocycles. The van der Waals surface area contributed by atoms with E-state index in [2.05, 4.69) is 38.2 Å². The summed E-state index contributed by atoms with van der Waals surface area (Å²) >= 11 is 0. The maximum absolute atomic E-state index is 14.4. The second kappa shape index (κ2) is 18.2. The Morgan fingerprint density at radius 3 is 2.12 bits per heavy atom. The molecular formula is C45H51N5O7. The largest absolute Gasteiger partial charge is 0.508 e. The third-order valence-electron chi connectivity index (χ3n) is 9.93. The van der Waals surface area contributed by atoms with Crippen molar-refractivity contribution in [2.75, 3.05) is 13.2 Å². The predicted octanol–water partition coefficient (Wildman–Crippen LogP) is 7.99. The topological polar surface area (TPSA) is 165 Å². The van der Waals surface area contributed by atoms with Crippen LogP contribution in [0, 0.1) is 13.8 Å². The van der Waals surface area contributed by atoms with E-state index in [1.54, 1.807) is 32.9 Å². The van der Waals surface area contributed by atoms with Crippen molar-refractivity contribution >= 4 is 18.1 Å². The van der Waals surface area contributed by atoms with Gasteiger partial charge >= 0.3 is 12.2 Å². The summed E-state index contributed by atoms with van der Waals surface area (Å²) in [4.78, 5) is 44.9. The van der Waals surface area contributed by atoms with E-state index in [1.807, 2.05) is 80.6 Å². The van der Waals surface area contributed by atoms with E-state index >= 15 is 0 Å². The minimum Gasteiger partial charge on any atom is -0.508 e. The van der Waals surface area contributed by atoms with Crippen LogP contribution in [-0.2, 0) is 27.1 Å². The number of hydrogen-bond acceptors (Lipinski definition) is 9. The van der Waals surface area contributed by atoms with Gasteiger partial charge in [0.25, 0.3) is 0 Å². The third kappa shape index (κ3) is 10.8. The van der Waals surface area contributed by atoms with Crippen molar-refractivity contribution in [3.05, 3.63) is 136 Å². The molecule has 5 aromatic rings. The fraction of sp³-hybridized carbons (Fsp3) is 0.356. The molecule has 4 N–H and O–H groups in total. The average molecular weight is 774 g/mol. The lowest BCUT2D eigenvalue weighted by Crippen LogP contribution is -2.49. The number of aryl methyl sites for hydroxylation is 2. The van der Waals surface area contributed by atoms with Gasteiger partial charge in [-0.05, 0) is 111 Å². The van der Waals surface area contributed by atoms with Crippen molar-refractivity contribution in [1.82, 2.24) is 26.1 Å². The van der Waals surface area contributed by atoms with E-state index in [0.29, 0.717) is 38.1 Å². The van der Waals surface area contributed by atoms with Crippen molar-refractivity contribution in [3.63, 3.8) is 0 Å². The Labute approximate surface area is 333 Å². The van der Waals surface area contributed by atoms with Gasteiger partial charge in [0.2, 0.25) is 11.8 Å². The summed E-state index contributed by atoms with van der Waals surface area (Å²) in [6.07, 6.45) is 0.904. The third-order valence-corrected chi connectivity index (χ3v) is 9.93. The average Bonchev–Trinajstić information content (AvgIpc) is 3.76. The summed E-state index contributed by atoms with van der Waals surface area (Å²) < 4.78 is 16.9. The number of aromatic nitrogens is 2. The molecule has 0 bridgehead atoms. The Hall–Kier alpha value is -6.17.